The number of carbonyl (C=O) groups is 1. The van der Waals surface area contributed by atoms with Gasteiger partial charge in [0.2, 0.25) is 5.91 Å². The van der Waals surface area contributed by atoms with Gasteiger partial charge in [-0.2, -0.15) is 13.2 Å². The molecule has 2 aromatic rings. The lowest BCUT2D eigenvalue weighted by molar-refractivity contribution is -0.137. The van der Waals surface area contributed by atoms with Crippen molar-refractivity contribution in [1.29, 1.82) is 0 Å². The average molecular weight is 441 g/mol. The fourth-order valence-corrected chi connectivity index (χ4v) is 3.77. The maximum Gasteiger partial charge on any atom is 0.416 e. The van der Waals surface area contributed by atoms with E-state index < -0.39 is 11.7 Å². The topological polar surface area (TPSA) is 58.1 Å². The van der Waals surface area contributed by atoms with Crippen LogP contribution in [0.5, 0.6) is 0 Å². The van der Waals surface area contributed by atoms with E-state index >= 15 is 0 Å². The molecule has 4 rings (SSSR count). The second-order valence-corrected chi connectivity index (χ2v) is 7.72. The molecule has 0 spiro atoms. The molecule has 0 radical (unpaired) electrons. The van der Waals surface area contributed by atoms with Gasteiger partial charge in [-0.3, -0.25) is 14.8 Å². The van der Waals surface area contributed by atoms with E-state index in [1.54, 1.807) is 18.6 Å². The number of nitrogens with one attached hydrogen (secondary N) is 1. The standard InChI is InChI=1S/C21H23F3N4O.ClH/c22-21(23,24)16-5-3-14(4-6-16)19(18-13-25-9-10-26-18)27-17-7-11-28(12-8-17)20(29)15-1-2-15;/h3-6,9-10,13,15,17,19,27H,1-2,7-8,11-12H2;1H. The van der Waals surface area contributed by atoms with Crippen LogP contribution in [-0.2, 0) is 11.0 Å². The predicted octanol–water partition coefficient (Wildman–Crippen LogP) is 4.00. The van der Waals surface area contributed by atoms with Gasteiger partial charge in [-0.1, -0.05) is 12.1 Å². The molecule has 9 heteroatoms. The Morgan fingerprint density at radius 3 is 2.27 bits per heavy atom. The molecule has 2 heterocycles. The highest BCUT2D eigenvalue weighted by Gasteiger charge is 2.35. The predicted molar refractivity (Wildman–Crippen MR) is 108 cm³/mol. The number of aromatic nitrogens is 2. The van der Waals surface area contributed by atoms with Gasteiger partial charge >= 0.3 is 6.18 Å². The minimum Gasteiger partial charge on any atom is -0.342 e. The molecule has 30 heavy (non-hydrogen) atoms. The second-order valence-electron chi connectivity index (χ2n) is 7.72. The minimum absolute atomic E-state index is 0. The monoisotopic (exact) mass is 440 g/mol. The maximum absolute atomic E-state index is 12.9. The Morgan fingerprint density at radius 2 is 1.73 bits per heavy atom. The summed E-state index contributed by atoms with van der Waals surface area (Å²) in [6.45, 7) is 1.40. The van der Waals surface area contributed by atoms with Crippen LogP contribution in [0.4, 0.5) is 13.2 Å². The molecule has 0 bridgehead atoms. The number of likely N-dealkylation sites (tertiary alicyclic amines) is 1. The first kappa shape index (κ1) is 22.5. The van der Waals surface area contributed by atoms with Crippen LogP contribution in [0.3, 0.4) is 0 Å². The third-order valence-corrected chi connectivity index (χ3v) is 5.59. The smallest absolute Gasteiger partial charge is 0.342 e. The summed E-state index contributed by atoms with van der Waals surface area (Å²) in [7, 11) is 0. The van der Waals surface area contributed by atoms with E-state index in [4.69, 9.17) is 0 Å². The van der Waals surface area contributed by atoms with Gasteiger partial charge in [0, 0.05) is 37.4 Å². The summed E-state index contributed by atoms with van der Waals surface area (Å²) >= 11 is 0. The van der Waals surface area contributed by atoms with Gasteiger partial charge in [0.1, 0.15) is 0 Å². The van der Waals surface area contributed by atoms with Crippen LogP contribution in [0.15, 0.2) is 42.9 Å². The Kier molecular flexibility index (Phi) is 6.98. The number of piperidine rings is 1. The van der Waals surface area contributed by atoms with Crippen LogP contribution in [0, 0.1) is 5.92 Å². The van der Waals surface area contributed by atoms with E-state index in [0.29, 0.717) is 24.3 Å². The normalized spacial score (nSPS) is 18.6. The zero-order valence-corrected chi connectivity index (χ0v) is 17.1. The van der Waals surface area contributed by atoms with Gasteiger partial charge in [-0.25, -0.2) is 0 Å². The fourth-order valence-electron chi connectivity index (χ4n) is 3.77. The molecular weight excluding hydrogens is 417 g/mol. The van der Waals surface area contributed by atoms with Crippen molar-refractivity contribution in [2.75, 3.05) is 13.1 Å². The molecule has 1 aromatic carbocycles. The number of hydrogen-bond donors (Lipinski definition) is 1. The number of benzene rings is 1. The van der Waals surface area contributed by atoms with Gasteiger partial charge in [0.05, 0.1) is 23.5 Å². The average Bonchev–Trinajstić information content (AvgIpc) is 3.57. The van der Waals surface area contributed by atoms with E-state index in [9.17, 15) is 18.0 Å². The number of alkyl halides is 3. The molecule has 5 nitrogen and oxygen atoms in total. The lowest BCUT2D eigenvalue weighted by atomic mass is 9.98. The van der Waals surface area contributed by atoms with E-state index in [2.05, 4.69) is 15.3 Å². The van der Waals surface area contributed by atoms with E-state index in [-0.39, 0.29) is 36.3 Å². The van der Waals surface area contributed by atoms with Crippen LogP contribution >= 0.6 is 12.4 Å². The molecule has 1 saturated carbocycles. The van der Waals surface area contributed by atoms with Crippen molar-refractivity contribution in [3.8, 4) is 0 Å². The lowest BCUT2D eigenvalue weighted by Crippen LogP contribution is -2.46. The van der Waals surface area contributed by atoms with Crippen molar-refractivity contribution in [1.82, 2.24) is 20.2 Å². The molecule has 1 saturated heterocycles. The molecule has 2 aliphatic rings. The first-order chi connectivity index (χ1) is 13.9. The molecular formula is C21H24ClF3N4O. The summed E-state index contributed by atoms with van der Waals surface area (Å²) < 4.78 is 38.7. The number of hydrogen-bond acceptors (Lipinski definition) is 4. The molecule has 1 aliphatic carbocycles. The summed E-state index contributed by atoms with van der Waals surface area (Å²) in [5.41, 5.74) is 0.685. The first-order valence-electron chi connectivity index (χ1n) is 9.90. The zero-order valence-electron chi connectivity index (χ0n) is 16.3. The SMILES string of the molecule is Cl.O=C(C1CC1)N1CCC(NC(c2ccc(C(F)(F)F)cc2)c2cnccn2)CC1. The highest BCUT2D eigenvalue weighted by atomic mass is 35.5. The Hall–Kier alpha value is -2.19. The number of nitrogens with zero attached hydrogens (tertiary/aromatic N) is 3. The highest BCUT2D eigenvalue weighted by molar-refractivity contribution is 5.85. The molecule has 1 atom stereocenters. The molecule has 1 N–H and O–H groups in total. The van der Waals surface area contributed by atoms with Crippen molar-refractivity contribution in [3.63, 3.8) is 0 Å². The highest BCUT2D eigenvalue weighted by Crippen LogP contribution is 2.33. The Bertz CT molecular complexity index is 836. The fraction of sp³-hybridized carbons (Fsp3) is 0.476. The molecule has 2 fully saturated rings. The van der Waals surface area contributed by atoms with E-state index in [0.717, 1.165) is 37.8 Å². The van der Waals surface area contributed by atoms with E-state index in [1.807, 2.05) is 4.90 Å². The summed E-state index contributed by atoms with van der Waals surface area (Å²) in [5, 5.41) is 3.53. The lowest BCUT2D eigenvalue weighted by Gasteiger charge is -2.34. The largest absolute Gasteiger partial charge is 0.416 e. The van der Waals surface area contributed by atoms with Gasteiger partial charge < -0.3 is 10.2 Å². The van der Waals surface area contributed by atoms with Crippen LogP contribution in [0.1, 0.15) is 48.5 Å². The third kappa shape index (κ3) is 5.29. The van der Waals surface area contributed by atoms with Crippen molar-refractivity contribution < 1.29 is 18.0 Å². The molecule has 1 aliphatic heterocycles. The molecule has 1 unspecified atom stereocenters. The Labute approximate surface area is 179 Å². The summed E-state index contributed by atoms with van der Waals surface area (Å²) in [5.74, 6) is 0.482. The minimum atomic E-state index is -4.37. The number of rotatable bonds is 5. The summed E-state index contributed by atoms with van der Waals surface area (Å²) in [6, 6.07) is 4.95. The van der Waals surface area contributed by atoms with Crippen LogP contribution in [0.25, 0.3) is 0 Å². The van der Waals surface area contributed by atoms with Gasteiger partial charge in [0.25, 0.3) is 0 Å². The quantitative estimate of drug-likeness (QED) is 0.763. The van der Waals surface area contributed by atoms with Crippen molar-refractivity contribution >= 4 is 18.3 Å². The van der Waals surface area contributed by atoms with Crippen molar-refractivity contribution in [2.45, 2.75) is 43.9 Å². The molecule has 1 amide bonds. The molecule has 1 aromatic heterocycles. The van der Waals surface area contributed by atoms with Crippen molar-refractivity contribution in [2.24, 2.45) is 5.92 Å². The maximum atomic E-state index is 12.9. The van der Waals surface area contributed by atoms with Crippen LogP contribution in [0.2, 0.25) is 0 Å². The number of amides is 1. The second kappa shape index (κ2) is 9.31. The van der Waals surface area contributed by atoms with Crippen LogP contribution in [-0.4, -0.2) is 39.9 Å². The third-order valence-electron chi connectivity index (χ3n) is 5.59. The van der Waals surface area contributed by atoms with Gasteiger partial charge in [0.15, 0.2) is 0 Å². The summed E-state index contributed by atoms with van der Waals surface area (Å²) in [4.78, 5) is 22.6. The number of halogens is 4. The molecule has 162 valence electrons. The van der Waals surface area contributed by atoms with Gasteiger partial charge in [-0.15, -0.1) is 12.4 Å². The summed E-state index contributed by atoms with van der Waals surface area (Å²) in [6.07, 6.45) is 4.00. The first-order valence-corrected chi connectivity index (χ1v) is 9.90. The van der Waals surface area contributed by atoms with Gasteiger partial charge in [-0.05, 0) is 43.4 Å². The Balaban J connectivity index is 0.00000256. The van der Waals surface area contributed by atoms with Crippen LogP contribution < -0.4 is 5.32 Å². The number of carbonyl (C=O) groups excluding carboxylic acids is 1. The Morgan fingerprint density at radius 1 is 1.07 bits per heavy atom. The van der Waals surface area contributed by atoms with E-state index in [1.165, 1.54) is 12.1 Å². The zero-order chi connectivity index (χ0) is 20.4. The van der Waals surface area contributed by atoms with Crippen molar-refractivity contribution in [3.05, 3.63) is 59.7 Å².